The fraction of sp³-hybridized carbons (Fsp3) is 0.370. The maximum absolute atomic E-state index is 13.1. The van der Waals surface area contributed by atoms with Gasteiger partial charge in [-0.2, -0.15) is 13.2 Å². The number of halogens is 3. The SMILES string of the molecule is CCCCCN(Cc1cccn1Cc1cccc(C(F)(F)F)c1)C(=O)Nc1ccc(OCC)cc1. The van der Waals surface area contributed by atoms with Crippen LogP contribution < -0.4 is 10.1 Å². The summed E-state index contributed by atoms with van der Waals surface area (Å²) in [6, 6.07) is 16.1. The molecule has 0 saturated carbocycles. The van der Waals surface area contributed by atoms with Gasteiger partial charge in [0.25, 0.3) is 0 Å². The van der Waals surface area contributed by atoms with Crippen LogP contribution in [-0.4, -0.2) is 28.6 Å². The van der Waals surface area contributed by atoms with Gasteiger partial charge in [-0.05, 0) is 67.4 Å². The standard InChI is InChI=1S/C27H32F3N3O2/c1-3-5-6-16-33(26(34)31-23-12-14-25(15-13-23)35-4-2)20-24-11-8-17-32(24)19-21-9-7-10-22(18-21)27(28,29)30/h7-15,17-18H,3-6,16,19-20H2,1-2H3,(H,31,34). The molecule has 0 radical (unpaired) electrons. The molecular weight excluding hydrogens is 455 g/mol. The molecule has 5 nitrogen and oxygen atoms in total. The summed E-state index contributed by atoms with van der Waals surface area (Å²) < 4.78 is 46.7. The highest BCUT2D eigenvalue weighted by Gasteiger charge is 2.30. The lowest BCUT2D eigenvalue weighted by atomic mass is 10.1. The second kappa shape index (κ2) is 12.3. The van der Waals surface area contributed by atoms with Crippen LogP contribution in [0.4, 0.5) is 23.7 Å². The van der Waals surface area contributed by atoms with Gasteiger partial charge in [-0.15, -0.1) is 0 Å². The molecule has 0 bridgehead atoms. The van der Waals surface area contributed by atoms with Gasteiger partial charge in [-0.3, -0.25) is 0 Å². The van der Waals surface area contributed by atoms with E-state index in [1.807, 2.05) is 29.8 Å². The Morgan fingerprint density at radius 3 is 2.49 bits per heavy atom. The molecule has 0 unspecified atom stereocenters. The molecule has 0 aliphatic carbocycles. The summed E-state index contributed by atoms with van der Waals surface area (Å²) in [6.45, 7) is 5.79. The summed E-state index contributed by atoms with van der Waals surface area (Å²) in [5.41, 5.74) is 1.40. The zero-order chi connectivity index (χ0) is 25.3. The molecule has 0 atom stereocenters. The number of nitrogens with one attached hydrogen (secondary N) is 1. The summed E-state index contributed by atoms with van der Waals surface area (Å²) in [5.74, 6) is 0.734. The van der Waals surface area contributed by atoms with Crippen molar-refractivity contribution in [2.24, 2.45) is 0 Å². The number of alkyl halides is 3. The van der Waals surface area contributed by atoms with E-state index in [1.54, 1.807) is 35.2 Å². The third kappa shape index (κ3) is 7.80. The summed E-state index contributed by atoms with van der Waals surface area (Å²) in [4.78, 5) is 14.9. The molecule has 2 amide bonds. The number of nitrogens with zero attached hydrogens (tertiary/aromatic N) is 2. The van der Waals surface area contributed by atoms with Crippen molar-refractivity contribution < 1.29 is 22.7 Å². The average molecular weight is 488 g/mol. The largest absolute Gasteiger partial charge is 0.494 e. The summed E-state index contributed by atoms with van der Waals surface area (Å²) in [6.07, 6.45) is 0.328. The molecule has 3 rings (SSSR count). The zero-order valence-corrected chi connectivity index (χ0v) is 20.1. The van der Waals surface area contributed by atoms with E-state index in [-0.39, 0.29) is 12.6 Å². The fourth-order valence-corrected chi connectivity index (χ4v) is 3.79. The van der Waals surface area contributed by atoms with Gasteiger partial charge in [0.1, 0.15) is 5.75 Å². The first kappa shape index (κ1) is 26.2. The van der Waals surface area contributed by atoms with Gasteiger partial charge >= 0.3 is 12.2 Å². The second-order valence-corrected chi connectivity index (χ2v) is 8.34. The van der Waals surface area contributed by atoms with Gasteiger partial charge in [0.05, 0.1) is 18.7 Å². The predicted octanol–water partition coefficient (Wildman–Crippen LogP) is 7.18. The van der Waals surface area contributed by atoms with Crippen LogP contribution in [0.1, 0.15) is 49.9 Å². The maximum atomic E-state index is 13.1. The quantitative estimate of drug-likeness (QED) is 0.291. The van der Waals surface area contributed by atoms with Gasteiger partial charge in [-0.25, -0.2) is 4.79 Å². The fourth-order valence-electron chi connectivity index (χ4n) is 3.79. The van der Waals surface area contributed by atoms with Crippen LogP contribution in [-0.2, 0) is 19.3 Å². The minimum absolute atomic E-state index is 0.225. The van der Waals surface area contributed by atoms with E-state index in [2.05, 4.69) is 12.2 Å². The minimum atomic E-state index is -4.38. The van der Waals surface area contributed by atoms with Crippen molar-refractivity contribution in [3.05, 3.63) is 83.7 Å². The number of hydrogen-bond donors (Lipinski definition) is 1. The Hall–Kier alpha value is -3.42. The molecule has 0 aliphatic heterocycles. The van der Waals surface area contributed by atoms with E-state index < -0.39 is 11.7 Å². The zero-order valence-electron chi connectivity index (χ0n) is 20.1. The van der Waals surface area contributed by atoms with Gasteiger partial charge in [0, 0.05) is 30.7 Å². The van der Waals surface area contributed by atoms with Crippen molar-refractivity contribution in [3.63, 3.8) is 0 Å². The molecule has 8 heteroatoms. The lowest BCUT2D eigenvalue weighted by Gasteiger charge is -2.24. The van der Waals surface area contributed by atoms with E-state index in [4.69, 9.17) is 4.74 Å². The number of anilines is 1. The van der Waals surface area contributed by atoms with E-state index in [0.717, 1.165) is 36.8 Å². The van der Waals surface area contributed by atoms with Crippen molar-refractivity contribution in [2.45, 2.75) is 52.4 Å². The summed E-state index contributed by atoms with van der Waals surface area (Å²) >= 11 is 0. The van der Waals surface area contributed by atoms with Crippen molar-refractivity contribution in [2.75, 3.05) is 18.5 Å². The van der Waals surface area contributed by atoms with Crippen LogP contribution in [0.15, 0.2) is 66.9 Å². The first-order valence-electron chi connectivity index (χ1n) is 11.9. The molecule has 0 fully saturated rings. The number of rotatable bonds is 11. The van der Waals surface area contributed by atoms with E-state index in [9.17, 15) is 18.0 Å². The van der Waals surface area contributed by atoms with Crippen LogP contribution in [0.3, 0.4) is 0 Å². The molecule has 1 heterocycles. The number of hydrogen-bond acceptors (Lipinski definition) is 2. The molecule has 0 aliphatic rings. The molecule has 35 heavy (non-hydrogen) atoms. The summed E-state index contributed by atoms with van der Waals surface area (Å²) in [5, 5.41) is 2.94. The highest BCUT2D eigenvalue weighted by atomic mass is 19.4. The third-order valence-corrected chi connectivity index (χ3v) is 5.62. The Labute approximate surface area is 204 Å². The molecule has 2 aromatic carbocycles. The number of carbonyl (C=O) groups is 1. The number of amides is 2. The highest BCUT2D eigenvalue weighted by Crippen LogP contribution is 2.29. The maximum Gasteiger partial charge on any atom is 0.416 e. The summed E-state index contributed by atoms with van der Waals surface area (Å²) in [7, 11) is 0. The first-order valence-corrected chi connectivity index (χ1v) is 11.9. The first-order chi connectivity index (χ1) is 16.8. The Kier molecular flexibility index (Phi) is 9.23. The molecule has 1 aromatic heterocycles. The molecule has 3 aromatic rings. The molecule has 1 N–H and O–H groups in total. The van der Waals surface area contributed by atoms with Crippen molar-refractivity contribution in [1.82, 2.24) is 9.47 Å². The Balaban J connectivity index is 1.73. The van der Waals surface area contributed by atoms with Crippen molar-refractivity contribution in [3.8, 4) is 5.75 Å². The van der Waals surface area contributed by atoms with Crippen LogP contribution in [0.5, 0.6) is 5.75 Å². The third-order valence-electron chi connectivity index (χ3n) is 5.62. The molecule has 0 saturated heterocycles. The molecule has 188 valence electrons. The van der Waals surface area contributed by atoms with E-state index in [0.29, 0.717) is 30.9 Å². The van der Waals surface area contributed by atoms with Gasteiger partial charge < -0.3 is 19.5 Å². The van der Waals surface area contributed by atoms with Crippen LogP contribution in [0.2, 0.25) is 0 Å². The minimum Gasteiger partial charge on any atom is -0.494 e. The van der Waals surface area contributed by atoms with Crippen molar-refractivity contribution in [1.29, 1.82) is 0 Å². The monoisotopic (exact) mass is 487 g/mol. The number of unbranched alkanes of at least 4 members (excludes halogenated alkanes) is 2. The lowest BCUT2D eigenvalue weighted by Crippen LogP contribution is -2.36. The second-order valence-electron chi connectivity index (χ2n) is 8.34. The Morgan fingerprint density at radius 2 is 1.80 bits per heavy atom. The number of benzene rings is 2. The van der Waals surface area contributed by atoms with E-state index >= 15 is 0 Å². The smallest absolute Gasteiger partial charge is 0.416 e. The highest BCUT2D eigenvalue weighted by molar-refractivity contribution is 5.89. The number of urea groups is 1. The Morgan fingerprint density at radius 1 is 1.03 bits per heavy atom. The normalized spacial score (nSPS) is 11.3. The van der Waals surface area contributed by atoms with Crippen LogP contribution in [0, 0.1) is 0 Å². The average Bonchev–Trinajstić information content (AvgIpc) is 3.26. The van der Waals surface area contributed by atoms with Gasteiger partial charge in [0.15, 0.2) is 0 Å². The van der Waals surface area contributed by atoms with Gasteiger partial charge in [0.2, 0.25) is 0 Å². The molecule has 0 spiro atoms. The predicted molar refractivity (Wildman–Crippen MR) is 132 cm³/mol. The van der Waals surface area contributed by atoms with Crippen LogP contribution >= 0.6 is 0 Å². The number of carbonyl (C=O) groups excluding carboxylic acids is 1. The topological polar surface area (TPSA) is 46.5 Å². The van der Waals surface area contributed by atoms with E-state index in [1.165, 1.54) is 12.1 Å². The van der Waals surface area contributed by atoms with Crippen LogP contribution in [0.25, 0.3) is 0 Å². The number of aromatic nitrogens is 1. The molecular formula is C27H32F3N3O2. The lowest BCUT2D eigenvalue weighted by molar-refractivity contribution is -0.137. The Bertz CT molecular complexity index is 1080. The van der Waals surface area contributed by atoms with Crippen molar-refractivity contribution >= 4 is 11.7 Å². The number of ether oxygens (including phenoxy) is 1. The van der Waals surface area contributed by atoms with Gasteiger partial charge in [-0.1, -0.05) is 31.9 Å².